The SMILES string of the molecule is CN(C)c1ccc([C@H](O)CNC(=O)C(=O)NC2CCCC2)cc1. The summed E-state index contributed by atoms with van der Waals surface area (Å²) >= 11 is 0. The summed E-state index contributed by atoms with van der Waals surface area (Å²) in [6.07, 6.45) is 3.21. The maximum Gasteiger partial charge on any atom is 0.309 e. The number of hydrogen-bond acceptors (Lipinski definition) is 4. The highest BCUT2D eigenvalue weighted by molar-refractivity contribution is 6.35. The minimum absolute atomic E-state index is 0.0121. The van der Waals surface area contributed by atoms with Gasteiger partial charge >= 0.3 is 11.8 Å². The van der Waals surface area contributed by atoms with Crippen molar-refractivity contribution in [2.45, 2.75) is 37.8 Å². The zero-order chi connectivity index (χ0) is 16.8. The smallest absolute Gasteiger partial charge is 0.309 e. The number of amides is 2. The average Bonchev–Trinajstić information content (AvgIpc) is 3.05. The van der Waals surface area contributed by atoms with Crippen LogP contribution in [0.2, 0.25) is 0 Å². The molecule has 0 unspecified atom stereocenters. The highest BCUT2D eigenvalue weighted by Gasteiger charge is 2.21. The van der Waals surface area contributed by atoms with E-state index in [1.807, 2.05) is 43.3 Å². The molecule has 1 atom stereocenters. The van der Waals surface area contributed by atoms with Crippen molar-refractivity contribution >= 4 is 17.5 Å². The van der Waals surface area contributed by atoms with Crippen molar-refractivity contribution in [3.05, 3.63) is 29.8 Å². The Balaban J connectivity index is 1.79. The molecule has 1 aliphatic rings. The highest BCUT2D eigenvalue weighted by atomic mass is 16.3. The molecule has 6 nitrogen and oxygen atoms in total. The first-order chi connectivity index (χ1) is 11.0. The van der Waals surface area contributed by atoms with E-state index in [-0.39, 0.29) is 12.6 Å². The zero-order valence-electron chi connectivity index (χ0n) is 13.7. The number of hydrogen-bond donors (Lipinski definition) is 3. The van der Waals surface area contributed by atoms with E-state index in [4.69, 9.17) is 0 Å². The maximum atomic E-state index is 11.8. The van der Waals surface area contributed by atoms with E-state index in [1.54, 1.807) is 0 Å². The van der Waals surface area contributed by atoms with Crippen LogP contribution in [0.15, 0.2) is 24.3 Å². The maximum absolute atomic E-state index is 11.8. The van der Waals surface area contributed by atoms with E-state index < -0.39 is 17.9 Å². The molecule has 0 heterocycles. The number of benzene rings is 1. The lowest BCUT2D eigenvalue weighted by molar-refractivity contribution is -0.139. The first-order valence-corrected chi connectivity index (χ1v) is 8.01. The molecule has 1 aromatic rings. The predicted octanol–water partition coefficient (Wildman–Crippen LogP) is 0.961. The van der Waals surface area contributed by atoms with Crippen molar-refractivity contribution in [2.75, 3.05) is 25.5 Å². The molecule has 0 radical (unpaired) electrons. The summed E-state index contributed by atoms with van der Waals surface area (Å²) in [6, 6.07) is 7.52. The Morgan fingerprint density at radius 3 is 2.35 bits per heavy atom. The van der Waals surface area contributed by atoms with Gasteiger partial charge in [-0.15, -0.1) is 0 Å². The lowest BCUT2D eigenvalue weighted by atomic mass is 10.1. The van der Waals surface area contributed by atoms with E-state index in [0.717, 1.165) is 31.4 Å². The normalized spacial score (nSPS) is 16.0. The van der Waals surface area contributed by atoms with Crippen molar-refractivity contribution in [2.24, 2.45) is 0 Å². The molecule has 0 aromatic heterocycles. The van der Waals surface area contributed by atoms with E-state index in [2.05, 4.69) is 10.6 Å². The second-order valence-electron chi connectivity index (χ2n) is 6.17. The van der Waals surface area contributed by atoms with E-state index in [1.165, 1.54) is 0 Å². The van der Waals surface area contributed by atoms with Crippen molar-refractivity contribution in [3.8, 4) is 0 Å². The zero-order valence-corrected chi connectivity index (χ0v) is 13.7. The molecule has 3 N–H and O–H groups in total. The number of aliphatic hydroxyl groups excluding tert-OH is 1. The van der Waals surface area contributed by atoms with Gasteiger partial charge in [-0.1, -0.05) is 25.0 Å². The minimum Gasteiger partial charge on any atom is -0.387 e. The standard InChI is InChI=1S/C17H25N3O3/c1-20(2)14-9-7-12(8-10-14)15(21)11-18-16(22)17(23)19-13-5-3-4-6-13/h7-10,13,15,21H,3-6,11H2,1-2H3,(H,18,22)(H,19,23)/t15-/m1/s1. The number of carbonyl (C=O) groups excluding carboxylic acids is 2. The first-order valence-electron chi connectivity index (χ1n) is 8.01. The lowest BCUT2D eigenvalue weighted by Crippen LogP contribution is -2.44. The monoisotopic (exact) mass is 319 g/mol. The van der Waals surface area contributed by atoms with Crippen molar-refractivity contribution in [1.29, 1.82) is 0 Å². The molecular formula is C17H25N3O3. The molecule has 23 heavy (non-hydrogen) atoms. The van der Waals surface area contributed by atoms with Gasteiger partial charge in [-0.3, -0.25) is 9.59 Å². The Kier molecular flexibility index (Phi) is 5.98. The number of aliphatic hydroxyl groups is 1. The van der Waals surface area contributed by atoms with Crippen molar-refractivity contribution in [3.63, 3.8) is 0 Å². The largest absolute Gasteiger partial charge is 0.387 e. The Morgan fingerprint density at radius 2 is 1.78 bits per heavy atom. The van der Waals surface area contributed by atoms with Gasteiger partial charge in [-0.2, -0.15) is 0 Å². The van der Waals surface area contributed by atoms with Gasteiger partial charge in [-0.05, 0) is 30.5 Å². The number of nitrogens with zero attached hydrogens (tertiary/aromatic N) is 1. The average molecular weight is 319 g/mol. The van der Waals surface area contributed by atoms with Crippen LogP contribution in [0.3, 0.4) is 0 Å². The summed E-state index contributed by atoms with van der Waals surface area (Å²) in [5.41, 5.74) is 1.73. The van der Waals surface area contributed by atoms with Crippen LogP contribution in [0, 0.1) is 0 Å². The van der Waals surface area contributed by atoms with Gasteiger partial charge in [0.2, 0.25) is 0 Å². The number of nitrogens with one attached hydrogen (secondary N) is 2. The summed E-state index contributed by atoms with van der Waals surface area (Å²) in [4.78, 5) is 25.5. The molecule has 2 amide bonds. The molecular weight excluding hydrogens is 294 g/mol. The summed E-state index contributed by atoms with van der Waals surface area (Å²) < 4.78 is 0. The summed E-state index contributed by atoms with van der Waals surface area (Å²) in [6.45, 7) is 0.0121. The molecule has 2 rings (SSSR count). The van der Waals surface area contributed by atoms with Crippen molar-refractivity contribution < 1.29 is 14.7 Å². The molecule has 1 saturated carbocycles. The highest BCUT2D eigenvalue weighted by Crippen LogP contribution is 2.18. The molecule has 0 aliphatic heterocycles. The van der Waals surface area contributed by atoms with E-state index in [0.29, 0.717) is 5.56 Å². The van der Waals surface area contributed by atoms with Gasteiger partial charge in [0, 0.05) is 32.4 Å². The Labute approximate surface area is 136 Å². The fourth-order valence-corrected chi connectivity index (χ4v) is 2.70. The van der Waals surface area contributed by atoms with Crippen molar-refractivity contribution in [1.82, 2.24) is 10.6 Å². The summed E-state index contributed by atoms with van der Waals surface area (Å²) in [7, 11) is 3.88. The van der Waals surface area contributed by atoms with Gasteiger partial charge < -0.3 is 20.6 Å². The molecule has 6 heteroatoms. The third kappa shape index (κ3) is 4.96. The number of anilines is 1. The molecule has 0 bridgehead atoms. The minimum atomic E-state index is -0.838. The van der Waals surface area contributed by atoms with E-state index in [9.17, 15) is 14.7 Å². The quantitative estimate of drug-likeness (QED) is 0.706. The molecule has 0 spiro atoms. The molecule has 1 aromatic carbocycles. The third-order valence-corrected chi connectivity index (χ3v) is 4.15. The topological polar surface area (TPSA) is 81.7 Å². The van der Waals surface area contributed by atoms with E-state index >= 15 is 0 Å². The van der Waals surface area contributed by atoms with Crippen LogP contribution in [0.5, 0.6) is 0 Å². The van der Waals surface area contributed by atoms with Crippen LogP contribution in [-0.4, -0.2) is 43.6 Å². The summed E-state index contributed by atoms with van der Waals surface area (Å²) in [5.74, 6) is -1.31. The Hall–Kier alpha value is -2.08. The number of rotatable bonds is 5. The summed E-state index contributed by atoms with van der Waals surface area (Å²) in [5, 5.41) is 15.3. The van der Waals surface area contributed by atoms with Crippen LogP contribution in [-0.2, 0) is 9.59 Å². The third-order valence-electron chi connectivity index (χ3n) is 4.15. The second kappa shape index (κ2) is 7.97. The van der Waals surface area contributed by atoms with Crippen LogP contribution < -0.4 is 15.5 Å². The molecule has 1 fully saturated rings. The Bertz CT molecular complexity index is 537. The van der Waals surface area contributed by atoms with Crippen LogP contribution in [0.4, 0.5) is 5.69 Å². The lowest BCUT2D eigenvalue weighted by Gasteiger charge is -2.16. The van der Waals surface area contributed by atoms with Crippen LogP contribution in [0.25, 0.3) is 0 Å². The first kappa shape index (κ1) is 17.3. The Morgan fingerprint density at radius 1 is 1.17 bits per heavy atom. The predicted molar refractivity (Wildman–Crippen MR) is 89.1 cm³/mol. The van der Waals surface area contributed by atoms with Gasteiger partial charge in [-0.25, -0.2) is 0 Å². The van der Waals surface area contributed by atoms with Crippen LogP contribution in [0.1, 0.15) is 37.4 Å². The molecule has 126 valence electrons. The second-order valence-corrected chi connectivity index (χ2v) is 6.17. The van der Waals surface area contributed by atoms with Gasteiger partial charge in [0.15, 0.2) is 0 Å². The molecule has 0 saturated heterocycles. The van der Waals surface area contributed by atoms with Gasteiger partial charge in [0.25, 0.3) is 0 Å². The van der Waals surface area contributed by atoms with Crippen LogP contribution >= 0.6 is 0 Å². The van der Waals surface area contributed by atoms with Gasteiger partial charge in [0.1, 0.15) is 0 Å². The fraction of sp³-hybridized carbons (Fsp3) is 0.529. The molecule has 1 aliphatic carbocycles. The fourth-order valence-electron chi connectivity index (χ4n) is 2.70. The van der Waals surface area contributed by atoms with Gasteiger partial charge in [0.05, 0.1) is 6.10 Å². The number of carbonyl (C=O) groups is 2.